The monoisotopic (exact) mass is 189 g/mol. The Balaban J connectivity index is 2.14. The Morgan fingerprint density at radius 2 is 2.25 bits per heavy atom. The van der Waals surface area contributed by atoms with Gasteiger partial charge in [-0.05, 0) is 26.3 Å². The molecule has 2 aliphatic rings. The maximum atomic E-state index is 9.76. The van der Waals surface area contributed by atoms with E-state index in [9.17, 15) is 5.11 Å². The Morgan fingerprint density at radius 1 is 1.50 bits per heavy atom. The van der Waals surface area contributed by atoms with E-state index in [1.165, 1.54) is 12.8 Å². The van der Waals surface area contributed by atoms with Crippen LogP contribution < -0.4 is 0 Å². The van der Waals surface area contributed by atoms with E-state index in [1.807, 2.05) is 0 Å². The van der Waals surface area contributed by atoms with Crippen LogP contribution in [0.3, 0.4) is 0 Å². The second kappa shape index (κ2) is 3.17. The Morgan fingerprint density at radius 3 is 2.92 bits per heavy atom. The topological polar surface area (TPSA) is 23.5 Å². The number of alkyl halides is 1. The minimum absolute atomic E-state index is 0.156. The van der Waals surface area contributed by atoms with Crippen molar-refractivity contribution in [3.63, 3.8) is 0 Å². The van der Waals surface area contributed by atoms with Gasteiger partial charge in [-0.3, -0.25) is 4.90 Å². The van der Waals surface area contributed by atoms with Crippen molar-refractivity contribution in [3.05, 3.63) is 0 Å². The molecule has 2 saturated heterocycles. The Bertz CT molecular complexity index is 176. The summed E-state index contributed by atoms with van der Waals surface area (Å²) in [5, 5.41) is 9.76. The van der Waals surface area contributed by atoms with E-state index in [4.69, 9.17) is 11.6 Å². The fraction of sp³-hybridized carbons (Fsp3) is 1.00. The average Bonchev–Trinajstić information content (AvgIpc) is 2.34. The molecular formula is C9H16ClNO. The Labute approximate surface area is 78.5 Å². The maximum Gasteiger partial charge on any atom is 0.0609 e. The van der Waals surface area contributed by atoms with E-state index >= 15 is 0 Å². The summed E-state index contributed by atoms with van der Waals surface area (Å²) in [7, 11) is 2.16. The molecule has 0 aromatic carbocycles. The molecule has 0 aromatic heterocycles. The first-order valence-electron chi connectivity index (χ1n) is 4.70. The van der Waals surface area contributed by atoms with Crippen molar-refractivity contribution in [3.8, 4) is 0 Å². The van der Waals surface area contributed by atoms with Crippen molar-refractivity contribution >= 4 is 11.6 Å². The summed E-state index contributed by atoms with van der Waals surface area (Å²) in [6, 6.07) is 1.15. The van der Waals surface area contributed by atoms with Crippen LogP contribution >= 0.6 is 11.6 Å². The van der Waals surface area contributed by atoms with Gasteiger partial charge in [-0.2, -0.15) is 0 Å². The van der Waals surface area contributed by atoms with E-state index in [2.05, 4.69) is 11.9 Å². The number of hydrogen-bond acceptors (Lipinski definition) is 2. The number of rotatable bonds is 1. The van der Waals surface area contributed by atoms with Crippen molar-refractivity contribution in [1.82, 2.24) is 4.90 Å². The van der Waals surface area contributed by atoms with E-state index in [0.717, 1.165) is 6.42 Å². The minimum Gasteiger partial charge on any atom is -0.393 e. The molecule has 12 heavy (non-hydrogen) atoms. The first kappa shape index (κ1) is 8.79. The van der Waals surface area contributed by atoms with E-state index in [-0.39, 0.29) is 6.10 Å². The van der Waals surface area contributed by atoms with Crippen LogP contribution in [0.2, 0.25) is 0 Å². The van der Waals surface area contributed by atoms with Crippen molar-refractivity contribution in [2.24, 2.45) is 5.92 Å². The van der Waals surface area contributed by atoms with Crippen molar-refractivity contribution in [2.45, 2.75) is 37.5 Å². The van der Waals surface area contributed by atoms with Crippen LogP contribution in [0.25, 0.3) is 0 Å². The van der Waals surface area contributed by atoms with Gasteiger partial charge in [0.15, 0.2) is 0 Å². The molecule has 2 heterocycles. The number of fused-ring (bicyclic) bond motifs is 2. The zero-order valence-electron chi connectivity index (χ0n) is 7.41. The summed E-state index contributed by atoms with van der Waals surface area (Å²) in [5.41, 5.74) is 0. The van der Waals surface area contributed by atoms with Gasteiger partial charge in [0.2, 0.25) is 0 Å². The molecule has 0 aliphatic carbocycles. The second-order valence-electron chi connectivity index (χ2n) is 4.09. The maximum absolute atomic E-state index is 9.76. The predicted molar refractivity (Wildman–Crippen MR) is 49.4 cm³/mol. The van der Waals surface area contributed by atoms with Crippen LogP contribution in [0.1, 0.15) is 19.3 Å². The molecule has 70 valence electrons. The quantitative estimate of drug-likeness (QED) is 0.624. The van der Waals surface area contributed by atoms with Gasteiger partial charge in [-0.25, -0.2) is 0 Å². The molecule has 2 nitrogen and oxygen atoms in total. The molecule has 3 heteroatoms. The number of aliphatic hydroxyl groups is 1. The smallest absolute Gasteiger partial charge is 0.0609 e. The SMILES string of the molecule is CN1C2CCC1C(CCl)C(O)C2. The van der Waals surface area contributed by atoms with E-state index in [1.54, 1.807) is 0 Å². The molecule has 1 N–H and O–H groups in total. The van der Waals surface area contributed by atoms with Gasteiger partial charge in [0.1, 0.15) is 0 Å². The first-order valence-corrected chi connectivity index (χ1v) is 5.23. The van der Waals surface area contributed by atoms with Crippen molar-refractivity contribution < 1.29 is 5.11 Å². The molecule has 0 aromatic rings. The molecule has 4 atom stereocenters. The van der Waals surface area contributed by atoms with Gasteiger partial charge in [-0.1, -0.05) is 0 Å². The van der Waals surface area contributed by atoms with Crippen LogP contribution in [0.4, 0.5) is 0 Å². The number of piperidine rings is 1. The summed E-state index contributed by atoms with van der Waals surface area (Å²) in [5.74, 6) is 0.901. The van der Waals surface area contributed by atoms with E-state index in [0.29, 0.717) is 23.9 Å². The summed E-state index contributed by atoms with van der Waals surface area (Å²) in [6.45, 7) is 0. The second-order valence-corrected chi connectivity index (χ2v) is 4.39. The van der Waals surface area contributed by atoms with Crippen LogP contribution in [0.5, 0.6) is 0 Å². The average molecular weight is 190 g/mol. The standard InChI is InChI=1S/C9H16ClNO/c1-11-6-2-3-8(11)7(5-10)9(12)4-6/h6-9,12H,2-5H2,1H3. The lowest BCUT2D eigenvalue weighted by Crippen LogP contribution is -2.49. The molecule has 2 bridgehead atoms. The fourth-order valence-corrected chi connectivity index (χ4v) is 3.17. The van der Waals surface area contributed by atoms with Crippen molar-refractivity contribution in [2.75, 3.05) is 12.9 Å². The van der Waals surface area contributed by atoms with Gasteiger partial charge >= 0.3 is 0 Å². The molecule has 2 rings (SSSR count). The molecule has 4 unspecified atom stereocenters. The van der Waals surface area contributed by atoms with Gasteiger partial charge in [0.05, 0.1) is 6.10 Å². The highest BCUT2D eigenvalue weighted by Crippen LogP contribution is 2.38. The first-order chi connectivity index (χ1) is 5.74. The largest absolute Gasteiger partial charge is 0.393 e. The summed E-state index contributed by atoms with van der Waals surface area (Å²) < 4.78 is 0. The zero-order chi connectivity index (χ0) is 8.72. The Kier molecular flexibility index (Phi) is 2.32. The summed E-state index contributed by atoms with van der Waals surface area (Å²) >= 11 is 5.85. The number of hydrogen-bond donors (Lipinski definition) is 1. The normalized spacial score (nSPS) is 48.2. The minimum atomic E-state index is -0.156. The van der Waals surface area contributed by atoms with E-state index < -0.39 is 0 Å². The highest BCUT2D eigenvalue weighted by Gasteiger charge is 2.44. The van der Waals surface area contributed by atoms with Crippen LogP contribution in [-0.4, -0.2) is 41.1 Å². The lowest BCUT2D eigenvalue weighted by atomic mass is 9.89. The number of halogens is 1. The van der Waals surface area contributed by atoms with Gasteiger partial charge < -0.3 is 5.11 Å². The third kappa shape index (κ3) is 1.17. The number of aliphatic hydroxyl groups excluding tert-OH is 1. The molecule has 2 aliphatic heterocycles. The third-order valence-corrected chi connectivity index (χ3v) is 3.93. The van der Waals surface area contributed by atoms with Crippen LogP contribution in [0, 0.1) is 5.92 Å². The lowest BCUT2D eigenvalue weighted by Gasteiger charge is -2.39. The van der Waals surface area contributed by atoms with Crippen LogP contribution in [-0.2, 0) is 0 Å². The lowest BCUT2D eigenvalue weighted by molar-refractivity contribution is 0.00316. The Hall–Kier alpha value is 0.210. The molecule has 0 saturated carbocycles. The molecule has 2 fully saturated rings. The molecule has 0 radical (unpaired) electrons. The van der Waals surface area contributed by atoms with Gasteiger partial charge in [0.25, 0.3) is 0 Å². The highest BCUT2D eigenvalue weighted by molar-refractivity contribution is 6.18. The van der Waals surface area contributed by atoms with Gasteiger partial charge in [0, 0.05) is 23.9 Å². The molecule has 0 spiro atoms. The fourth-order valence-electron chi connectivity index (χ4n) is 2.76. The summed E-state index contributed by atoms with van der Waals surface area (Å²) in [4.78, 5) is 2.40. The zero-order valence-corrected chi connectivity index (χ0v) is 8.17. The molecular weight excluding hydrogens is 174 g/mol. The van der Waals surface area contributed by atoms with Crippen molar-refractivity contribution in [1.29, 1.82) is 0 Å². The number of nitrogens with zero attached hydrogens (tertiary/aromatic N) is 1. The molecule has 0 amide bonds. The highest BCUT2D eigenvalue weighted by atomic mass is 35.5. The third-order valence-electron chi connectivity index (χ3n) is 3.57. The predicted octanol–water partition coefficient (Wildman–Crippen LogP) is 1.07. The van der Waals surface area contributed by atoms with Crippen LogP contribution in [0.15, 0.2) is 0 Å². The summed E-state index contributed by atoms with van der Waals surface area (Å²) in [6.07, 6.45) is 3.22. The van der Waals surface area contributed by atoms with Gasteiger partial charge in [-0.15, -0.1) is 11.6 Å².